The molecule has 1 aromatic rings. The number of aromatic nitrogens is 1. The summed E-state index contributed by atoms with van der Waals surface area (Å²) >= 11 is 0. The van der Waals surface area contributed by atoms with E-state index in [1.54, 1.807) is 18.5 Å². The molecule has 1 N–H and O–H groups in total. The summed E-state index contributed by atoms with van der Waals surface area (Å²) in [5, 5.41) is 3.29. The Morgan fingerprint density at radius 3 is 2.90 bits per heavy atom. The number of carbonyl (C=O) groups is 1. The molecular weight excluding hydrogens is 268 g/mol. The van der Waals surface area contributed by atoms with Gasteiger partial charge in [0, 0.05) is 18.2 Å². The number of pyridine rings is 1. The predicted octanol–water partition coefficient (Wildman–Crippen LogP) is 2.21. The Bertz CT molecular complexity index is 445. The molecule has 0 bridgehead atoms. The van der Waals surface area contributed by atoms with E-state index in [-0.39, 0.29) is 11.9 Å². The van der Waals surface area contributed by atoms with E-state index in [0.717, 1.165) is 32.4 Å². The maximum Gasteiger partial charge on any atom is 0.166 e. The Morgan fingerprint density at radius 2 is 2.14 bits per heavy atom. The molecule has 0 amide bonds. The van der Waals surface area contributed by atoms with Gasteiger partial charge in [-0.2, -0.15) is 0 Å². The lowest BCUT2D eigenvalue weighted by Gasteiger charge is -2.22. The summed E-state index contributed by atoms with van der Waals surface area (Å²) < 4.78 is 11.3. The van der Waals surface area contributed by atoms with E-state index >= 15 is 0 Å². The Labute approximate surface area is 126 Å². The summed E-state index contributed by atoms with van der Waals surface area (Å²) in [7, 11) is 0. The number of nitrogens with one attached hydrogen (secondary N) is 1. The first-order valence-corrected chi connectivity index (χ1v) is 7.73. The number of carbonyl (C=O) groups excluding carboxylic acids is 1. The third-order valence-electron chi connectivity index (χ3n) is 3.48. The van der Waals surface area contributed by atoms with Crippen LogP contribution < -0.4 is 10.1 Å². The lowest BCUT2D eigenvalue weighted by molar-refractivity contribution is 0.0313. The van der Waals surface area contributed by atoms with Gasteiger partial charge in [0.15, 0.2) is 5.78 Å². The molecule has 2 rings (SSSR count). The molecular formula is C16H24N2O3. The molecule has 1 saturated heterocycles. The van der Waals surface area contributed by atoms with E-state index in [0.29, 0.717) is 30.9 Å². The topological polar surface area (TPSA) is 60.5 Å². The molecule has 0 spiro atoms. The number of nitrogens with zero attached hydrogens (tertiary/aromatic N) is 1. The Kier molecular flexibility index (Phi) is 6.63. The first kappa shape index (κ1) is 15.9. The van der Waals surface area contributed by atoms with Gasteiger partial charge in [-0.3, -0.25) is 9.78 Å². The number of rotatable bonds is 8. The van der Waals surface area contributed by atoms with Crippen LogP contribution in [-0.2, 0) is 4.74 Å². The maximum absolute atomic E-state index is 12.1. The van der Waals surface area contributed by atoms with Crippen molar-refractivity contribution in [3.05, 3.63) is 24.0 Å². The van der Waals surface area contributed by atoms with E-state index in [1.165, 1.54) is 0 Å². The van der Waals surface area contributed by atoms with Crippen LogP contribution in [0.2, 0.25) is 0 Å². The van der Waals surface area contributed by atoms with Gasteiger partial charge in [0.2, 0.25) is 0 Å². The minimum atomic E-state index is 0.0541. The normalized spacial score (nSPS) is 15.9. The van der Waals surface area contributed by atoms with Crippen molar-refractivity contribution in [3.8, 4) is 5.75 Å². The van der Waals surface area contributed by atoms with Crippen molar-refractivity contribution in [2.75, 3.05) is 26.3 Å². The summed E-state index contributed by atoms with van der Waals surface area (Å²) in [5.74, 6) is 0.709. The summed E-state index contributed by atoms with van der Waals surface area (Å²) in [4.78, 5) is 16.2. The zero-order chi connectivity index (χ0) is 14.9. The van der Waals surface area contributed by atoms with Crippen molar-refractivity contribution in [2.24, 2.45) is 0 Å². The summed E-state index contributed by atoms with van der Waals surface area (Å²) in [6.45, 7) is 5.15. The number of piperidine rings is 1. The fourth-order valence-electron chi connectivity index (χ4n) is 2.29. The van der Waals surface area contributed by atoms with Crippen molar-refractivity contribution in [3.63, 3.8) is 0 Å². The van der Waals surface area contributed by atoms with Crippen LogP contribution in [-0.4, -0.2) is 43.2 Å². The molecule has 0 aromatic carbocycles. The van der Waals surface area contributed by atoms with Crippen molar-refractivity contribution in [1.82, 2.24) is 10.3 Å². The molecule has 1 aromatic heterocycles. The van der Waals surface area contributed by atoms with Gasteiger partial charge in [0.25, 0.3) is 0 Å². The smallest absolute Gasteiger partial charge is 0.166 e. The average molecular weight is 292 g/mol. The van der Waals surface area contributed by atoms with E-state index in [2.05, 4.69) is 10.3 Å². The third-order valence-corrected chi connectivity index (χ3v) is 3.48. The molecule has 21 heavy (non-hydrogen) atoms. The molecule has 1 fully saturated rings. The van der Waals surface area contributed by atoms with Gasteiger partial charge in [-0.15, -0.1) is 0 Å². The second-order valence-electron chi connectivity index (χ2n) is 5.25. The van der Waals surface area contributed by atoms with Gasteiger partial charge in [-0.25, -0.2) is 0 Å². The van der Waals surface area contributed by atoms with Crippen LogP contribution in [0.3, 0.4) is 0 Å². The summed E-state index contributed by atoms with van der Waals surface area (Å²) in [5.41, 5.74) is 0.595. The van der Waals surface area contributed by atoms with E-state index in [1.807, 2.05) is 6.92 Å². The zero-order valence-electron chi connectivity index (χ0n) is 12.6. The number of ketones is 1. The average Bonchev–Trinajstić information content (AvgIpc) is 2.54. The highest BCUT2D eigenvalue weighted by Crippen LogP contribution is 2.14. The van der Waals surface area contributed by atoms with E-state index < -0.39 is 0 Å². The lowest BCUT2D eigenvalue weighted by Crippen LogP contribution is -2.32. The number of Topliss-reactive ketones (excluding diaryl/α,β-unsaturated/α-hetero) is 1. The largest absolute Gasteiger partial charge is 0.492 e. The highest BCUT2D eigenvalue weighted by Gasteiger charge is 2.14. The van der Waals surface area contributed by atoms with Crippen LogP contribution in [0.25, 0.3) is 0 Å². The quantitative estimate of drug-likeness (QED) is 0.744. The molecule has 5 heteroatoms. The SMILES string of the molecule is CCCOc1cncc(C(=O)CCOC2CCNCC2)c1. The molecule has 0 unspecified atom stereocenters. The third kappa shape index (κ3) is 5.44. The number of ether oxygens (including phenoxy) is 2. The van der Waals surface area contributed by atoms with Crippen LogP contribution in [0.1, 0.15) is 43.0 Å². The number of hydrogen-bond acceptors (Lipinski definition) is 5. The monoisotopic (exact) mass is 292 g/mol. The summed E-state index contributed by atoms with van der Waals surface area (Å²) in [6, 6.07) is 1.76. The van der Waals surface area contributed by atoms with E-state index in [4.69, 9.17) is 9.47 Å². The molecule has 2 heterocycles. The lowest BCUT2D eigenvalue weighted by atomic mass is 10.1. The van der Waals surface area contributed by atoms with Crippen molar-refractivity contribution in [1.29, 1.82) is 0 Å². The molecule has 1 aliphatic rings. The first-order chi connectivity index (χ1) is 10.3. The van der Waals surface area contributed by atoms with E-state index in [9.17, 15) is 4.79 Å². The highest BCUT2D eigenvalue weighted by molar-refractivity contribution is 5.96. The fourth-order valence-corrected chi connectivity index (χ4v) is 2.29. The standard InChI is InChI=1S/C16H24N2O3/c1-2-8-20-15-10-13(11-18-12-15)16(19)5-9-21-14-3-6-17-7-4-14/h10-12,14,17H,2-9H2,1H3. The second-order valence-corrected chi connectivity index (χ2v) is 5.25. The molecule has 116 valence electrons. The molecule has 0 aliphatic carbocycles. The van der Waals surface area contributed by atoms with Gasteiger partial charge >= 0.3 is 0 Å². The van der Waals surface area contributed by atoms with Gasteiger partial charge in [0.1, 0.15) is 5.75 Å². The molecule has 0 atom stereocenters. The zero-order valence-corrected chi connectivity index (χ0v) is 12.6. The van der Waals surface area contributed by atoms with Crippen molar-refractivity contribution < 1.29 is 14.3 Å². The predicted molar refractivity (Wildman–Crippen MR) is 80.8 cm³/mol. The first-order valence-electron chi connectivity index (χ1n) is 7.73. The highest BCUT2D eigenvalue weighted by atomic mass is 16.5. The Balaban J connectivity index is 1.76. The van der Waals surface area contributed by atoms with Gasteiger partial charge in [-0.05, 0) is 38.4 Å². The van der Waals surface area contributed by atoms with Crippen molar-refractivity contribution in [2.45, 2.75) is 38.7 Å². The van der Waals surface area contributed by atoms with Crippen LogP contribution in [0.4, 0.5) is 0 Å². The molecule has 5 nitrogen and oxygen atoms in total. The van der Waals surface area contributed by atoms with Crippen LogP contribution in [0.15, 0.2) is 18.5 Å². The fraction of sp³-hybridized carbons (Fsp3) is 0.625. The molecule has 1 aliphatic heterocycles. The summed E-state index contributed by atoms with van der Waals surface area (Å²) in [6.07, 6.45) is 6.89. The molecule has 0 radical (unpaired) electrons. The maximum atomic E-state index is 12.1. The van der Waals surface area contributed by atoms with Gasteiger partial charge < -0.3 is 14.8 Å². The van der Waals surface area contributed by atoms with Crippen molar-refractivity contribution >= 4 is 5.78 Å². The molecule has 0 saturated carbocycles. The Hall–Kier alpha value is -1.46. The Morgan fingerprint density at radius 1 is 1.33 bits per heavy atom. The van der Waals surface area contributed by atoms with Gasteiger partial charge in [-0.1, -0.05) is 6.92 Å². The minimum Gasteiger partial charge on any atom is -0.492 e. The minimum absolute atomic E-state index is 0.0541. The second kappa shape index (κ2) is 8.74. The van der Waals surface area contributed by atoms with Gasteiger partial charge in [0.05, 0.1) is 25.5 Å². The van der Waals surface area contributed by atoms with Crippen LogP contribution in [0.5, 0.6) is 5.75 Å². The van der Waals surface area contributed by atoms with Crippen LogP contribution >= 0.6 is 0 Å². The number of hydrogen-bond donors (Lipinski definition) is 1. The van der Waals surface area contributed by atoms with Crippen LogP contribution in [0, 0.1) is 0 Å².